The number of benzene rings is 3. The van der Waals surface area contributed by atoms with Crippen molar-refractivity contribution in [2.24, 2.45) is 5.10 Å². The molecule has 0 fully saturated rings. The molecule has 0 atom stereocenters. The van der Waals surface area contributed by atoms with Crippen molar-refractivity contribution < 1.29 is 23.6 Å². The second kappa shape index (κ2) is 13.1. The molecule has 5 rings (SSSR count). The molecule has 0 aliphatic carbocycles. The van der Waals surface area contributed by atoms with Crippen molar-refractivity contribution in [2.45, 2.75) is 27.1 Å². The minimum atomic E-state index is -0.603. The monoisotopic (exact) mass is 598 g/mol. The minimum Gasteiger partial charge on any atom is -0.486 e. The first-order valence-corrected chi connectivity index (χ1v) is 13.6. The minimum absolute atomic E-state index is 0.00508. The molecule has 11 heteroatoms. The van der Waals surface area contributed by atoms with Gasteiger partial charge in [-0.2, -0.15) is 5.10 Å². The van der Waals surface area contributed by atoms with E-state index in [1.807, 2.05) is 24.3 Å². The van der Waals surface area contributed by atoms with Gasteiger partial charge in [0.05, 0.1) is 11.1 Å². The Morgan fingerprint density at radius 3 is 2.42 bits per heavy atom. The van der Waals surface area contributed by atoms with E-state index in [1.165, 1.54) is 24.4 Å². The van der Waals surface area contributed by atoms with E-state index in [0.717, 1.165) is 17.1 Å². The van der Waals surface area contributed by atoms with E-state index in [-0.39, 0.29) is 30.4 Å². The quantitative estimate of drug-likeness (QED) is 0.0977. The number of halogens is 1. The maximum atomic E-state index is 12.6. The van der Waals surface area contributed by atoms with Crippen molar-refractivity contribution in [1.29, 1.82) is 0 Å². The Morgan fingerprint density at radius 1 is 0.953 bits per heavy atom. The lowest BCUT2D eigenvalue weighted by atomic mass is 10.2. The van der Waals surface area contributed by atoms with Gasteiger partial charge in [-0.05, 0) is 74.5 Å². The molecule has 1 N–H and O–H groups in total. The van der Waals surface area contributed by atoms with Crippen LogP contribution in [0.5, 0.6) is 11.5 Å². The van der Waals surface area contributed by atoms with Crippen LogP contribution in [0.2, 0.25) is 5.02 Å². The average Bonchev–Trinajstić information content (AvgIpc) is 3.62. The molecular weight excluding hydrogens is 572 g/mol. The molecule has 3 aromatic carbocycles. The van der Waals surface area contributed by atoms with E-state index in [4.69, 9.17) is 25.5 Å². The van der Waals surface area contributed by atoms with Crippen LogP contribution in [0.1, 0.15) is 38.8 Å². The number of carbonyl (C=O) groups is 1. The van der Waals surface area contributed by atoms with Crippen LogP contribution in [0.4, 0.5) is 5.69 Å². The van der Waals surface area contributed by atoms with Gasteiger partial charge in [-0.25, -0.2) is 5.43 Å². The van der Waals surface area contributed by atoms with Gasteiger partial charge in [0.2, 0.25) is 5.75 Å². The number of carbonyl (C=O) groups excluding carboxylic acids is 1. The van der Waals surface area contributed by atoms with E-state index in [9.17, 15) is 14.9 Å². The Bertz CT molecular complexity index is 1770. The molecule has 218 valence electrons. The number of rotatable bonds is 11. The first-order valence-electron chi connectivity index (χ1n) is 13.2. The maximum absolute atomic E-state index is 12.6. The molecule has 0 unspecified atom stereocenters. The fourth-order valence-electron chi connectivity index (χ4n) is 4.42. The van der Waals surface area contributed by atoms with Gasteiger partial charge in [-0.3, -0.25) is 14.9 Å². The lowest BCUT2D eigenvalue weighted by Crippen LogP contribution is -2.17. The van der Waals surface area contributed by atoms with Crippen LogP contribution >= 0.6 is 11.6 Å². The molecule has 43 heavy (non-hydrogen) atoms. The number of nitro groups is 1. The SMILES string of the molecule is Cc1ccc(C)n1-c1ccc(OCc2ccc(C(=O)N/N=C/c3cccc([N+](=O)[O-])c3OCc3ccccc3Cl)o2)cc1. The Morgan fingerprint density at radius 2 is 1.70 bits per heavy atom. The number of amides is 1. The molecule has 0 saturated carbocycles. The zero-order valence-electron chi connectivity index (χ0n) is 23.3. The molecule has 0 radical (unpaired) electrons. The lowest BCUT2D eigenvalue weighted by Gasteiger charge is -2.10. The van der Waals surface area contributed by atoms with Crippen LogP contribution < -0.4 is 14.9 Å². The van der Waals surface area contributed by atoms with Crippen molar-refractivity contribution in [2.75, 3.05) is 0 Å². The number of nitro benzene ring substituents is 1. The third-order valence-electron chi connectivity index (χ3n) is 6.55. The standard InChI is InChI=1S/C32H27ClN4O6/c1-21-10-11-22(2)36(21)25-12-14-26(15-13-25)41-20-27-16-17-30(43-27)32(38)35-34-18-23-7-5-9-29(37(39)40)31(23)42-19-24-6-3-4-8-28(24)33/h3-18H,19-20H2,1-2H3,(H,35,38)/b34-18+. The van der Waals surface area contributed by atoms with Crippen LogP contribution in [-0.2, 0) is 13.2 Å². The summed E-state index contributed by atoms with van der Waals surface area (Å²) >= 11 is 6.19. The van der Waals surface area contributed by atoms with Gasteiger partial charge in [0.1, 0.15) is 24.7 Å². The highest BCUT2D eigenvalue weighted by molar-refractivity contribution is 6.31. The number of hydrogen-bond donors (Lipinski definition) is 1. The van der Waals surface area contributed by atoms with Gasteiger partial charge >= 0.3 is 11.6 Å². The fraction of sp³-hybridized carbons (Fsp3) is 0.125. The maximum Gasteiger partial charge on any atom is 0.311 e. The smallest absolute Gasteiger partial charge is 0.311 e. The number of furan rings is 1. The van der Waals surface area contributed by atoms with Crippen molar-refractivity contribution in [1.82, 2.24) is 9.99 Å². The Labute approximate surface area is 252 Å². The highest BCUT2D eigenvalue weighted by Crippen LogP contribution is 2.31. The summed E-state index contributed by atoms with van der Waals surface area (Å²) in [6.07, 6.45) is 1.26. The van der Waals surface area contributed by atoms with E-state index >= 15 is 0 Å². The van der Waals surface area contributed by atoms with Gasteiger partial charge in [-0.1, -0.05) is 35.9 Å². The molecule has 1 amide bonds. The van der Waals surface area contributed by atoms with Crippen LogP contribution in [-0.4, -0.2) is 21.6 Å². The number of hydrazone groups is 1. The zero-order chi connectivity index (χ0) is 30.3. The second-order valence-corrected chi connectivity index (χ2v) is 9.94. The second-order valence-electron chi connectivity index (χ2n) is 9.53. The first-order chi connectivity index (χ1) is 20.8. The summed E-state index contributed by atoms with van der Waals surface area (Å²) in [5, 5.41) is 16.0. The van der Waals surface area contributed by atoms with E-state index < -0.39 is 10.8 Å². The normalized spacial score (nSPS) is 11.0. The summed E-state index contributed by atoms with van der Waals surface area (Å²) < 4.78 is 19.4. The molecule has 5 aromatic rings. The third-order valence-corrected chi connectivity index (χ3v) is 6.92. The number of aryl methyl sites for hydroxylation is 2. The molecule has 0 aliphatic rings. The fourth-order valence-corrected chi connectivity index (χ4v) is 4.62. The molecule has 0 spiro atoms. The van der Waals surface area contributed by atoms with Gasteiger partial charge in [0.25, 0.3) is 0 Å². The summed E-state index contributed by atoms with van der Waals surface area (Å²) in [5.41, 5.74) is 6.40. The Hall–Kier alpha value is -5.35. The molecule has 2 heterocycles. The molecular formula is C32H27ClN4O6. The predicted octanol–water partition coefficient (Wildman–Crippen LogP) is 7.17. The number of ether oxygens (including phenoxy) is 2. The van der Waals surface area contributed by atoms with Crippen LogP contribution in [0.3, 0.4) is 0 Å². The van der Waals surface area contributed by atoms with E-state index in [2.05, 4.69) is 41.1 Å². The number of aromatic nitrogens is 1. The van der Waals surface area contributed by atoms with E-state index in [1.54, 1.807) is 36.4 Å². The summed E-state index contributed by atoms with van der Waals surface area (Å²) in [5.74, 6) is 0.522. The van der Waals surface area contributed by atoms with Crippen LogP contribution in [0.25, 0.3) is 5.69 Å². The Balaban J connectivity index is 1.19. The van der Waals surface area contributed by atoms with Crippen molar-refractivity contribution in [3.8, 4) is 17.2 Å². The van der Waals surface area contributed by atoms with Crippen LogP contribution in [0, 0.1) is 24.0 Å². The van der Waals surface area contributed by atoms with Gasteiger partial charge < -0.3 is 18.5 Å². The van der Waals surface area contributed by atoms with Gasteiger partial charge in [0.15, 0.2) is 5.76 Å². The van der Waals surface area contributed by atoms with Gasteiger partial charge in [0, 0.05) is 39.3 Å². The highest BCUT2D eigenvalue weighted by atomic mass is 35.5. The zero-order valence-corrected chi connectivity index (χ0v) is 24.1. The third kappa shape index (κ3) is 6.94. The topological polar surface area (TPSA) is 121 Å². The molecule has 0 aliphatic heterocycles. The summed E-state index contributed by atoms with van der Waals surface area (Å²) in [7, 11) is 0. The predicted molar refractivity (Wildman–Crippen MR) is 162 cm³/mol. The largest absolute Gasteiger partial charge is 0.486 e. The van der Waals surface area contributed by atoms with Gasteiger partial charge in [-0.15, -0.1) is 0 Å². The lowest BCUT2D eigenvalue weighted by molar-refractivity contribution is -0.385. The first kappa shape index (κ1) is 29.2. The molecule has 0 bridgehead atoms. The Kier molecular flexibility index (Phi) is 8.88. The number of hydrogen-bond acceptors (Lipinski definition) is 7. The molecule has 2 aromatic heterocycles. The summed E-state index contributed by atoms with van der Waals surface area (Å²) in [6, 6.07) is 26.4. The van der Waals surface area contributed by atoms with Crippen molar-refractivity contribution >= 4 is 29.4 Å². The van der Waals surface area contributed by atoms with Crippen molar-refractivity contribution in [3.05, 3.63) is 140 Å². The number of nitrogens with one attached hydrogen (secondary N) is 1. The number of para-hydroxylation sites is 1. The molecule has 10 nitrogen and oxygen atoms in total. The summed E-state index contributed by atoms with van der Waals surface area (Å²) in [4.78, 5) is 23.7. The number of nitrogens with zero attached hydrogens (tertiary/aromatic N) is 3. The van der Waals surface area contributed by atoms with E-state index in [0.29, 0.717) is 27.7 Å². The molecule has 0 saturated heterocycles. The average molecular weight is 599 g/mol. The highest BCUT2D eigenvalue weighted by Gasteiger charge is 2.19. The van der Waals surface area contributed by atoms with Crippen LogP contribution in [0.15, 0.2) is 101 Å². The summed E-state index contributed by atoms with van der Waals surface area (Å²) in [6.45, 7) is 4.23. The van der Waals surface area contributed by atoms with Crippen molar-refractivity contribution in [3.63, 3.8) is 0 Å².